The van der Waals surface area contributed by atoms with E-state index in [2.05, 4.69) is 4.99 Å². The fourth-order valence-corrected chi connectivity index (χ4v) is 2.33. The van der Waals surface area contributed by atoms with Crippen molar-refractivity contribution < 1.29 is 4.79 Å². The molecule has 108 valence electrons. The number of nitrogens with zero attached hydrogens (tertiary/aromatic N) is 1. The third-order valence-corrected chi connectivity index (χ3v) is 3.70. The van der Waals surface area contributed by atoms with Crippen LogP contribution in [0.5, 0.6) is 0 Å². The van der Waals surface area contributed by atoms with Crippen molar-refractivity contribution in [1.29, 1.82) is 0 Å². The first-order chi connectivity index (χ1) is 10.2. The highest BCUT2D eigenvalue weighted by Gasteiger charge is 2.19. The molecule has 1 atom stereocenters. The molecule has 0 heterocycles. The first-order valence-electron chi connectivity index (χ1n) is 7.06. The summed E-state index contributed by atoms with van der Waals surface area (Å²) in [5.74, 6) is -0.0711. The molecular weight excluding hydrogens is 282 g/mol. The van der Waals surface area contributed by atoms with Gasteiger partial charge >= 0.3 is 0 Å². The van der Waals surface area contributed by atoms with E-state index in [-0.39, 0.29) is 11.7 Å². The zero-order chi connectivity index (χ0) is 15.1. The Labute approximate surface area is 130 Å². The topological polar surface area (TPSA) is 29.4 Å². The minimum absolute atomic E-state index is 0.0633. The van der Waals surface area contributed by atoms with Gasteiger partial charge < -0.3 is 0 Å². The van der Waals surface area contributed by atoms with Crippen molar-refractivity contribution >= 4 is 23.6 Å². The monoisotopic (exact) mass is 299 g/mol. The molecule has 2 aromatic carbocycles. The van der Waals surface area contributed by atoms with Crippen molar-refractivity contribution in [2.45, 2.75) is 13.3 Å². The number of rotatable bonds is 6. The van der Waals surface area contributed by atoms with E-state index in [4.69, 9.17) is 11.6 Å². The van der Waals surface area contributed by atoms with Crippen molar-refractivity contribution in [2.24, 2.45) is 10.9 Å². The molecule has 0 fully saturated rings. The third-order valence-electron chi connectivity index (χ3n) is 3.37. The second-order valence-electron chi connectivity index (χ2n) is 4.85. The molecule has 0 aliphatic carbocycles. The van der Waals surface area contributed by atoms with Gasteiger partial charge in [-0.15, -0.1) is 0 Å². The van der Waals surface area contributed by atoms with E-state index < -0.39 is 0 Å². The van der Waals surface area contributed by atoms with Gasteiger partial charge in [0, 0.05) is 24.2 Å². The highest BCUT2D eigenvalue weighted by atomic mass is 35.5. The van der Waals surface area contributed by atoms with E-state index in [1.54, 1.807) is 12.1 Å². The lowest BCUT2D eigenvalue weighted by Gasteiger charge is -2.12. The van der Waals surface area contributed by atoms with Crippen LogP contribution in [-0.2, 0) is 0 Å². The summed E-state index contributed by atoms with van der Waals surface area (Å²) in [6.45, 7) is 2.48. The maximum absolute atomic E-state index is 12.5. The lowest BCUT2D eigenvalue weighted by atomic mass is 9.95. The van der Waals surface area contributed by atoms with Crippen molar-refractivity contribution in [2.75, 3.05) is 6.54 Å². The molecular formula is C18H18ClNO. The largest absolute Gasteiger partial charge is 0.294 e. The van der Waals surface area contributed by atoms with Gasteiger partial charge in [-0.2, -0.15) is 0 Å². The van der Waals surface area contributed by atoms with Crippen LogP contribution >= 0.6 is 11.6 Å². The molecule has 0 aliphatic heterocycles. The van der Waals surface area contributed by atoms with Crippen LogP contribution in [0.1, 0.15) is 29.3 Å². The average molecular weight is 300 g/mol. The van der Waals surface area contributed by atoms with Gasteiger partial charge in [0.25, 0.3) is 0 Å². The average Bonchev–Trinajstić information content (AvgIpc) is 2.52. The second kappa shape index (κ2) is 7.75. The molecule has 0 spiro atoms. The number of carbonyl (C=O) groups excluding carboxylic acids is 1. The number of hydrogen-bond donors (Lipinski definition) is 0. The van der Waals surface area contributed by atoms with Gasteiger partial charge in [-0.05, 0) is 24.1 Å². The van der Waals surface area contributed by atoms with Gasteiger partial charge in [0.1, 0.15) is 0 Å². The molecule has 3 heteroatoms. The highest BCUT2D eigenvalue weighted by molar-refractivity contribution is 6.34. The van der Waals surface area contributed by atoms with Gasteiger partial charge in [0.2, 0.25) is 0 Å². The van der Waals surface area contributed by atoms with E-state index in [0.717, 1.165) is 12.0 Å². The number of aliphatic imine (C=N–C) groups is 1. The Morgan fingerprint density at radius 1 is 1.14 bits per heavy atom. The van der Waals surface area contributed by atoms with Crippen LogP contribution in [-0.4, -0.2) is 18.5 Å². The summed E-state index contributed by atoms with van der Waals surface area (Å²) in [5.41, 5.74) is 1.62. The maximum atomic E-state index is 12.5. The number of benzene rings is 2. The Bertz CT molecular complexity index is 622. The first-order valence-corrected chi connectivity index (χ1v) is 7.43. The smallest absolute Gasteiger partial charge is 0.169 e. The highest BCUT2D eigenvalue weighted by Crippen LogP contribution is 2.20. The molecule has 0 bridgehead atoms. The van der Waals surface area contributed by atoms with Crippen LogP contribution in [0.25, 0.3) is 0 Å². The number of halogens is 1. The van der Waals surface area contributed by atoms with Crippen LogP contribution < -0.4 is 0 Å². The Kier molecular flexibility index (Phi) is 5.70. The minimum Gasteiger partial charge on any atom is -0.294 e. The van der Waals surface area contributed by atoms with E-state index in [9.17, 15) is 4.79 Å². The number of ketones is 1. The van der Waals surface area contributed by atoms with Crippen LogP contribution in [0.15, 0.2) is 59.6 Å². The second-order valence-corrected chi connectivity index (χ2v) is 5.26. The van der Waals surface area contributed by atoms with E-state index in [0.29, 0.717) is 17.1 Å². The molecule has 21 heavy (non-hydrogen) atoms. The van der Waals surface area contributed by atoms with Gasteiger partial charge in [-0.3, -0.25) is 9.79 Å². The number of hydrogen-bond acceptors (Lipinski definition) is 2. The quantitative estimate of drug-likeness (QED) is 0.563. The van der Waals surface area contributed by atoms with E-state index in [1.807, 2.05) is 55.6 Å². The molecule has 0 aliphatic rings. The Balaban J connectivity index is 2.05. The van der Waals surface area contributed by atoms with Crippen molar-refractivity contribution in [1.82, 2.24) is 0 Å². The molecule has 2 aromatic rings. The molecule has 0 saturated carbocycles. The number of carbonyl (C=O) groups is 1. The summed E-state index contributed by atoms with van der Waals surface area (Å²) in [6, 6.07) is 17.0. The Morgan fingerprint density at radius 2 is 1.81 bits per heavy atom. The number of Topliss-reactive ketones (excluding diaryl/α,β-unsaturated/α-hetero) is 1. The van der Waals surface area contributed by atoms with E-state index in [1.165, 1.54) is 0 Å². The van der Waals surface area contributed by atoms with Crippen LogP contribution in [0.4, 0.5) is 0 Å². The maximum Gasteiger partial charge on any atom is 0.169 e. The molecule has 0 N–H and O–H groups in total. The SMILES string of the molecule is CCC(CN=Cc1ccccc1)C(=O)c1ccccc1Cl. The van der Waals surface area contributed by atoms with Gasteiger partial charge in [-0.25, -0.2) is 0 Å². The minimum atomic E-state index is -0.134. The molecule has 0 saturated heterocycles. The lowest BCUT2D eigenvalue weighted by Crippen LogP contribution is -2.17. The summed E-state index contributed by atoms with van der Waals surface area (Å²) >= 11 is 6.09. The fourth-order valence-electron chi connectivity index (χ4n) is 2.10. The van der Waals surface area contributed by atoms with E-state index >= 15 is 0 Å². The van der Waals surface area contributed by atoms with Crippen LogP contribution in [0.2, 0.25) is 5.02 Å². The normalized spacial score (nSPS) is 12.5. The Morgan fingerprint density at radius 3 is 2.48 bits per heavy atom. The van der Waals surface area contributed by atoms with Crippen LogP contribution in [0.3, 0.4) is 0 Å². The zero-order valence-electron chi connectivity index (χ0n) is 12.0. The molecule has 2 nitrogen and oxygen atoms in total. The van der Waals surface area contributed by atoms with Crippen molar-refractivity contribution in [3.63, 3.8) is 0 Å². The summed E-state index contributed by atoms with van der Waals surface area (Å²) in [6.07, 6.45) is 2.55. The lowest BCUT2D eigenvalue weighted by molar-refractivity contribution is 0.0922. The fraction of sp³-hybridized carbons (Fsp3) is 0.222. The van der Waals surface area contributed by atoms with Crippen LogP contribution in [0, 0.1) is 5.92 Å². The molecule has 1 unspecified atom stereocenters. The standard InChI is InChI=1S/C18H18ClNO/c1-2-15(13-20-12-14-8-4-3-5-9-14)18(21)16-10-6-7-11-17(16)19/h3-12,15H,2,13H2,1H3. The summed E-state index contributed by atoms with van der Waals surface area (Å²) in [4.78, 5) is 16.9. The Hall–Kier alpha value is -1.93. The van der Waals surface area contributed by atoms with Crippen molar-refractivity contribution in [3.05, 3.63) is 70.7 Å². The molecule has 2 rings (SSSR count). The first kappa shape index (κ1) is 15.5. The van der Waals surface area contributed by atoms with Crippen molar-refractivity contribution in [3.8, 4) is 0 Å². The zero-order valence-corrected chi connectivity index (χ0v) is 12.8. The predicted molar refractivity (Wildman–Crippen MR) is 88.5 cm³/mol. The summed E-state index contributed by atoms with van der Waals surface area (Å²) in [5, 5.41) is 0.507. The van der Waals surface area contributed by atoms with Gasteiger partial charge in [0.15, 0.2) is 5.78 Å². The van der Waals surface area contributed by atoms with Gasteiger partial charge in [-0.1, -0.05) is 61.0 Å². The molecule has 0 radical (unpaired) electrons. The third kappa shape index (κ3) is 4.27. The summed E-state index contributed by atoms with van der Waals surface area (Å²) < 4.78 is 0. The van der Waals surface area contributed by atoms with Gasteiger partial charge in [0.05, 0.1) is 5.02 Å². The molecule has 0 amide bonds. The molecule has 0 aromatic heterocycles. The summed E-state index contributed by atoms with van der Waals surface area (Å²) in [7, 11) is 0. The predicted octanol–water partition coefficient (Wildman–Crippen LogP) is 4.67.